The maximum absolute atomic E-state index is 11.8. The molecule has 0 heterocycles. The number of hydrogen-bond acceptors (Lipinski definition) is 4. The van der Waals surface area contributed by atoms with Gasteiger partial charge in [0.1, 0.15) is 5.60 Å². The minimum atomic E-state index is -4.87. The van der Waals surface area contributed by atoms with Crippen LogP contribution in [0.4, 0.5) is 18.0 Å². The lowest BCUT2D eigenvalue weighted by Crippen LogP contribution is -2.35. The van der Waals surface area contributed by atoms with Crippen LogP contribution < -0.4 is 10.6 Å². The summed E-state index contributed by atoms with van der Waals surface area (Å²) in [6, 6.07) is 0. The van der Waals surface area contributed by atoms with Crippen molar-refractivity contribution in [2.45, 2.75) is 32.5 Å². The van der Waals surface area contributed by atoms with Crippen LogP contribution in [0.2, 0.25) is 0 Å². The Morgan fingerprint density at radius 1 is 1.16 bits per heavy atom. The van der Waals surface area contributed by atoms with E-state index < -0.39 is 23.7 Å². The first-order chi connectivity index (χ1) is 8.52. The maximum atomic E-state index is 11.8. The molecule has 0 aromatic carbocycles. The molecule has 0 spiro atoms. The smallest absolute Gasteiger partial charge is 0.444 e. The lowest BCUT2D eigenvalue weighted by Gasteiger charge is -2.19. The molecule has 0 unspecified atom stereocenters. The Morgan fingerprint density at radius 2 is 1.74 bits per heavy atom. The second-order valence-electron chi connectivity index (χ2n) is 4.58. The van der Waals surface area contributed by atoms with Gasteiger partial charge in [0.05, 0.1) is 0 Å². The van der Waals surface area contributed by atoms with E-state index in [1.165, 1.54) is 0 Å². The van der Waals surface area contributed by atoms with Gasteiger partial charge in [-0.3, -0.25) is 4.79 Å². The average molecular weight is 282 g/mol. The number of hydrogen-bond donors (Lipinski definition) is 2. The molecule has 2 N–H and O–H groups in total. The van der Waals surface area contributed by atoms with E-state index in [4.69, 9.17) is 4.74 Å². The molecule has 0 aliphatic carbocycles. The minimum Gasteiger partial charge on any atom is -0.444 e. The second kappa shape index (κ2) is 7.01. The summed E-state index contributed by atoms with van der Waals surface area (Å²) in [6.07, 6.45) is -4.22. The van der Waals surface area contributed by atoms with Crippen LogP contribution in [0.3, 0.4) is 0 Å². The highest BCUT2D eigenvalue weighted by molar-refractivity contribution is 5.94. The SMILES string of the molecule is CC(C)(C)OC(=O)NCCN/C=C/C(=O)C(F)(F)F. The van der Waals surface area contributed by atoms with Gasteiger partial charge < -0.3 is 15.4 Å². The van der Waals surface area contributed by atoms with E-state index in [1.807, 2.05) is 0 Å². The van der Waals surface area contributed by atoms with E-state index in [9.17, 15) is 22.8 Å². The molecular weight excluding hydrogens is 265 g/mol. The number of carbonyl (C=O) groups excluding carboxylic acids is 2. The van der Waals surface area contributed by atoms with Crippen LogP contribution in [0.5, 0.6) is 0 Å². The summed E-state index contributed by atoms with van der Waals surface area (Å²) < 4.78 is 40.3. The van der Waals surface area contributed by atoms with Crippen LogP contribution in [-0.2, 0) is 9.53 Å². The summed E-state index contributed by atoms with van der Waals surface area (Å²) in [5, 5.41) is 4.83. The summed E-state index contributed by atoms with van der Waals surface area (Å²) >= 11 is 0. The molecule has 0 radical (unpaired) electrons. The van der Waals surface area contributed by atoms with Crippen molar-refractivity contribution in [2.24, 2.45) is 0 Å². The molecule has 8 heteroatoms. The third kappa shape index (κ3) is 9.93. The molecule has 110 valence electrons. The number of alkyl carbamates (subject to hydrolysis) is 1. The average Bonchev–Trinajstić information content (AvgIpc) is 2.18. The lowest BCUT2D eigenvalue weighted by molar-refractivity contribution is -0.165. The Morgan fingerprint density at radius 3 is 2.21 bits per heavy atom. The molecular formula is C11H17F3N2O3. The van der Waals surface area contributed by atoms with E-state index in [0.717, 1.165) is 6.20 Å². The van der Waals surface area contributed by atoms with Crippen LogP contribution >= 0.6 is 0 Å². The number of allylic oxidation sites excluding steroid dienone is 1. The summed E-state index contributed by atoms with van der Waals surface area (Å²) in [7, 11) is 0. The van der Waals surface area contributed by atoms with Gasteiger partial charge in [-0.25, -0.2) is 4.79 Å². The van der Waals surface area contributed by atoms with Gasteiger partial charge in [0.25, 0.3) is 5.78 Å². The molecule has 0 saturated heterocycles. The van der Waals surface area contributed by atoms with Gasteiger partial charge in [0.15, 0.2) is 0 Å². The van der Waals surface area contributed by atoms with Gasteiger partial charge in [0, 0.05) is 25.4 Å². The summed E-state index contributed by atoms with van der Waals surface area (Å²) in [6.45, 7) is 5.43. The van der Waals surface area contributed by atoms with Crippen molar-refractivity contribution in [1.82, 2.24) is 10.6 Å². The number of ketones is 1. The number of rotatable bonds is 5. The maximum Gasteiger partial charge on any atom is 0.454 e. The molecule has 0 saturated carbocycles. The molecule has 0 rings (SSSR count). The topological polar surface area (TPSA) is 67.4 Å². The summed E-state index contributed by atoms with van der Waals surface area (Å²) in [5.41, 5.74) is -0.615. The number of halogens is 3. The van der Waals surface area contributed by atoms with Gasteiger partial charge in [-0.1, -0.05) is 0 Å². The van der Waals surface area contributed by atoms with Crippen molar-refractivity contribution >= 4 is 11.9 Å². The lowest BCUT2D eigenvalue weighted by atomic mass is 10.2. The predicted octanol–water partition coefficient (Wildman–Crippen LogP) is 1.75. The largest absolute Gasteiger partial charge is 0.454 e. The quantitative estimate of drug-likeness (QED) is 0.595. The highest BCUT2D eigenvalue weighted by atomic mass is 19.4. The highest BCUT2D eigenvalue weighted by Crippen LogP contribution is 2.15. The van der Waals surface area contributed by atoms with E-state index in [2.05, 4.69) is 10.6 Å². The number of nitrogens with one attached hydrogen (secondary N) is 2. The van der Waals surface area contributed by atoms with E-state index in [1.54, 1.807) is 20.8 Å². The molecule has 1 amide bonds. The van der Waals surface area contributed by atoms with Gasteiger partial charge in [-0.05, 0) is 20.8 Å². The van der Waals surface area contributed by atoms with Crippen LogP contribution in [0.25, 0.3) is 0 Å². The highest BCUT2D eigenvalue weighted by Gasteiger charge is 2.35. The predicted molar refractivity (Wildman–Crippen MR) is 62.4 cm³/mol. The fourth-order valence-corrected chi connectivity index (χ4v) is 0.863. The fraction of sp³-hybridized carbons (Fsp3) is 0.636. The molecule has 5 nitrogen and oxygen atoms in total. The zero-order valence-corrected chi connectivity index (χ0v) is 10.9. The first-order valence-electron chi connectivity index (χ1n) is 5.50. The number of amides is 1. The molecule has 0 atom stereocenters. The van der Waals surface area contributed by atoms with Crippen LogP contribution in [0.15, 0.2) is 12.3 Å². The first kappa shape index (κ1) is 17.3. The molecule has 0 aliphatic rings. The third-order valence-electron chi connectivity index (χ3n) is 1.57. The number of ether oxygens (including phenoxy) is 1. The van der Waals surface area contributed by atoms with Crippen LogP contribution in [0.1, 0.15) is 20.8 Å². The van der Waals surface area contributed by atoms with Crippen molar-refractivity contribution in [1.29, 1.82) is 0 Å². The number of carbonyl (C=O) groups is 2. The van der Waals surface area contributed by atoms with Crippen molar-refractivity contribution in [2.75, 3.05) is 13.1 Å². The van der Waals surface area contributed by atoms with Gasteiger partial charge >= 0.3 is 12.3 Å². The van der Waals surface area contributed by atoms with Gasteiger partial charge in [0.2, 0.25) is 0 Å². The monoisotopic (exact) mass is 282 g/mol. The van der Waals surface area contributed by atoms with Crippen molar-refractivity contribution < 1.29 is 27.5 Å². The molecule has 0 fully saturated rings. The normalized spacial score (nSPS) is 12.3. The van der Waals surface area contributed by atoms with E-state index in [-0.39, 0.29) is 13.1 Å². The summed E-state index contributed by atoms with van der Waals surface area (Å²) in [5.74, 6) is -1.94. The molecule has 0 aromatic heterocycles. The number of alkyl halides is 3. The Labute approximate surface area is 109 Å². The minimum absolute atomic E-state index is 0.152. The van der Waals surface area contributed by atoms with E-state index in [0.29, 0.717) is 6.08 Å². The summed E-state index contributed by atoms with van der Waals surface area (Å²) in [4.78, 5) is 21.6. The Balaban J connectivity index is 3.75. The molecule has 0 bridgehead atoms. The van der Waals surface area contributed by atoms with Crippen LogP contribution in [0, 0.1) is 0 Å². The molecule has 0 aromatic rings. The Bertz CT molecular complexity index is 346. The molecule has 19 heavy (non-hydrogen) atoms. The Hall–Kier alpha value is -1.73. The van der Waals surface area contributed by atoms with Crippen molar-refractivity contribution in [3.05, 3.63) is 12.3 Å². The van der Waals surface area contributed by atoms with Crippen LogP contribution in [-0.4, -0.2) is 36.7 Å². The van der Waals surface area contributed by atoms with Gasteiger partial charge in [-0.15, -0.1) is 0 Å². The first-order valence-corrected chi connectivity index (χ1v) is 5.50. The molecule has 0 aliphatic heterocycles. The van der Waals surface area contributed by atoms with Gasteiger partial charge in [-0.2, -0.15) is 13.2 Å². The second-order valence-corrected chi connectivity index (χ2v) is 4.58. The zero-order valence-electron chi connectivity index (χ0n) is 10.9. The van der Waals surface area contributed by atoms with E-state index >= 15 is 0 Å². The standard InChI is InChI=1S/C11H17F3N2O3/c1-10(2,3)19-9(18)16-7-6-15-5-4-8(17)11(12,13)14/h4-5,15H,6-7H2,1-3H3,(H,16,18)/b5-4+. The van der Waals surface area contributed by atoms with Crippen molar-refractivity contribution in [3.8, 4) is 0 Å². The van der Waals surface area contributed by atoms with Crippen molar-refractivity contribution in [3.63, 3.8) is 0 Å². The zero-order chi connectivity index (χ0) is 15.1. The fourth-order valence-electron chi connectivity index (χ4n) is 0.863. The Kier molecular flexibility index (Phi) is 6.37. The third-order valence-corrected chi connectivity index (χ3v) is 1.57.